The minimum absolute atomic E-state index is 0.119. The molecule has 1 unspecified atom stereocenters. The minimum atomic E-state index is 0.119. The Bertz CT molecular complexity index is 507. The Hall–Kier alpha value is -1.19. The van der Waals surface area contributed by atoms with Gasteiger partial charge in [-0.05, 0) is 37.1 Å². The zero-order chi connectivity index (χ0) is 13.0. The predicted octanol–water partition coefficient (Wildman–Crippen LogP) is 3.87. The van der Waals surface area contributed by atoms with Crippen molar-refractivity contribution in [1.82, 2.24) is 5.32 Å². The summed E-state index contributed by atoms with van der Waals surface area (Å²) in [4.78, 5) is 1.28. The molecule has 0 aliphatic rings. The monoisotopic (exact) mass is 261 g/mol. The molecule has 96 valence electrons. The van der Waals surface area contributed by atoms with Gasteiger partial charge in [0.1, 0.15) is 11.5 Å². The number of furan rings is 1. The lowest BCUT2D eigenvalue weighted by molar-refractivity contribution is 0.432. The van der Waals surface area contributed by atoms with Gasteiger partial charge in [0.25, 0.3) is 0 Å². The highest BCUT2D eigenvalue weighted by atomic mass is 32.2. The predicted molar refractivity (Wildman–Crippen MR) is 77.2 cm³/mol. The molecule has 0 bridgehead atoms. The number of aryl methyl sites for hydroxylation is 1. The number of rotatable bonds is 5. The molecule has 0 aliphatic heterocycles. The fraction of sp³-hybridized carbons (Fsp3) is 0.333. The van der Waals surface area contributed by atoms with Crippen molar-refractivity contribution in [2.24, 2.45) is 0 Å². The topological polar surface area (TPSA) is 25.2 Å². The van der Waals surface area contributed by atoms with Gasteiger partial charge in [0.05, 0.1) is 6.04 Å². The quantitative estimate of drug-likeness (QED) is 0.827. The van der Waals surface area contributed by atoms with Gasteiger partial charge in [-0.2, -0.15) is 0 Å². The molecular weight excluding hydrogens is 242 g/mol. The van der Waals surface area contributed by atoms with Crippen LogP contribution in [0, 0.1) is 0 Å². The number of nitrogens with one attached hydrogen (secondary N) is 1. The maximum Gasteiger partial charge on any atom is 0.125 e. The lowest BCUT2D eigenvalue weighted by Crippen LogP contribution is -2.17. The highest BCUT2D eigenvalue weighted by molar-refractivity contribution is 7.98. The third-order valence-corrected chi connectivity index (χ3v) is 3.87. The van der Waals surface area contributed by atoms with Gasteiger partial charge < -0.3 is 9.73 Å². The Morgan fingerprint density at radius 2 is 2.00 bits per heavy atom. The zero-order valence-corrected chi connectivity index (χ0v) is 11.9. The minimum Gasteiger partial charge on any atom is -0.464 e. The fourth-order valence-electron chi connectivity index (χ4n) is 2.10. The molecule has 1 aromatic heterocycles. The summed E-state index contributed by atoms with van der Waals surface area (Å²) in [6.45, 7) is 2.10. The first-order valence-electron chi connectivity index (χ1n) is 6.19. The van der Waals surface area contributed by atoms with Crippen molar-refractivity contribution in [1.29, 1.82) is 0 Å². The van der Waals surface area contributed by atoms with Crippen molar-refractivity contribution in [3.63, 3.8) is 0 Å². The molecule has 1 atom stereocenters. The molecule has 0 radical (unpaired) electrons. The molecule has 1 aromatic carbocycles. The second kappa shape index (κ2) is 6.12. The third kappa shape index (κ3) is 2.62. The van der Waals surface area contributed by atoms with E-state index in [2.05, 4.69) is 54.9 Å². The van der Waals surface area contributed by atoms with E-state index in [0.717, 1.165) is 17.9 Å². The molecule has 0 saturated carbocycles. The Balaban J connectivity index is 2.38. The van der Waals surface area contributed by atoms with Crippen LogP contribution in [0.15, 0.2) is 45.7 Å². The van der Waals surface area contributed by atoms with Crippen LogP contribution in [0.4, 0.5) is 0 Å². The Kier molecular flexibility index (Phi) is 4.50. The summed E-state index contributed by atoms with van der Waals surface area (Å²) in [6, 6.07) is 12.7. The standard InChI is InChI=1S/C15H19NOS/c1-4-11-9-10-13(17-11)15(16-2)12-7-5-6-8-14(12)18-3/h5-10,15-16H,4H2,1-3H3. The molecule has 18 heavy (non-hydrogen) atoms. The van der Waals surface area contributed by atoms with E-state index in [1.807, 2.05) is 7.05 Å². The van der Waals surface area contributed by atoms with E-state index in [9.17, 15) is 0 Å². The largest absolute Gasteiger partial charge is 0.464 e. The molecule has 1 heterocycles. The van der Waals surface area contributed by atoms with Crippen molar-refractivity contribution in [3.8, 4) is 0 Å². The van der Waals surface area contributed by atoms with Crippen LogP contribution in [0.1, 0.15) is 30.0 Å². The van der Waals surface area contributed by atoms with E-state index in [1.165, 1.54) is 10.5 Å². The van der Waals surface area contributed by atoms with Crippen LogP contribution in [0.2, 0.25) is 0 Å². The highest BCUT2D eigenvalue weighted by Crippen LogP contribution is 2.30. The van der Waals surface area contributed by atoms with Crippen molar-refractivity contribution >= 4 is 11.8 Å². The van der Waals surface area contributed by atoms with Crippen LogP contribution in [0.3, 0.4) is 0 Å². The van der Waals surface area contributed by atoms with Crippen LogP contribution in [-0.2, 0) is 6.42 Å². The van der Waals surface area contributed by atoms with Gasteiger partial charge in [0, 0.05) is 11.3 Å². The van der Waals surface area contributed by atoms with Gasteiger partial charge >= 0.3 is 0 Å². The number of hydrogen-bond acceptors (Lipinski definition) is 3. The normalized spacial score (nSPS) is 12.6. The van der Waals surface area contributed by atoms with E-state index < -0.39 is 0 Å². The number of benzene rings is 1. The molecule has 2 rings (SSSR count). The molecule has 0 saturated heterocycles. The van der Waals surface area contributed by atoms with Gasteiger partial charge in [-0.3, -0.25) is 0 Å². The Morgan fingerprint density at radius 3 is 2.61 bits per heavy atom. The molecule has 0 fully saturated rings. The summed E-state index contributed by atoms with van der Waals surface area (Å²) in [5.41, 5.74) is 1.27. The van der Waals surface area contributed by atoms with E-state index in [1.54, 1.807) is 11.8 Å². The van der Waals surface area contributed by atoms with E-state index >= 15 is 0 Å². The van der Waals surface area contributed by atoms with E-state index in [0.29, 0.717) is 0 Å². The summed E-state index contributed by atoms with van der Waals surface area (Å²) in [5, 5.41) is 3.34. The lowest BCUT2D eigenvalue weighted by atomic mass is 10.0. The summed E-state index contributed by atoms with van der Waals surface area (Å²) < 4.78 is 5.87. The highest BCUT2D eigenvalue weighted by Gasteiger charge is 2.18. The first kappa shape index (κ1) is 13.2. The zero-order valence-electron chi connectivity index (χ0n) is 11.1. The molecule has 2 aromatic rings. The third-order valence-electron chi connectivity index (χ3n) is 3.05. The first-order chi connectivity index (χ1) is 8.80. The molecule has 3 heteroatoms. The summed E-state index contributed by atoms with van der Waals surface area (Å²) in [5.74, 6) is 2.02. The van der Waals surface area contributed by atoms with Gasteiger partial charge in [0.2, 0.25) is 0 Å². The van der Waals surface area contributed by atoms with Crippen molar-refractivity contribution in [3.05, 3.63) is 53.5 Å². The SMILES string of the molecule is CCc1ccc(C(NC)c2ccccc2SC)o1. The average molecular weight is 261 g/mol. The van der Waals surface area contributed by atoms with Crippen molar-refractivity contribution in [2.45, 2.75) is 24.3 Å². The van der Waals surface area contributed by atoms with Crippen LogP contribution in [-0.4, -0.2) is 13.3 Å². The summed E-state index contributed by atoms with van der Waals surface area (Å²) >= 11 is 1.76. The van der Waals surface area contributed by atoms with Gasteiger partial charge in [-0.25, -0.2) is 0 Å². The maximum atomic E-state index is 5.87. The van der Waals surface area contributed by atoms with Crippen LogP contribution in [0.25, 0.3) is 0 Å². The summed E-state index contributed by atoms with van der Waals surface area (Å²) in [6.07, 6.45) is 3.03. The fourth-order valence-corrected chi connectivity index (χ4v) is 2.73. The smallest absolute Gasteiger partial charge is 0.125 e. The number of thioether (sulfide) groups is 1. The van der Waals surface area contributed by atoms with E-state index in [-0.39, 0.29) is 6.04 Å². The molecular formula is C15H19NOS. The molecule has 0 amide bonds. The second-order valence-electron chi connectivity index (χ2n) is 4.12. The maximum absolute atomic E-state index is 5.87. The lowest BCUT2D eigenvalue weighted by Gasteiger charge is -2.17. The first-order valence-corrected chi connectivity index (χ1v) is 7.41. The van der Waals surface area contributed by atoms with E-state index in [4.69, 9.17) is 4.42 Å². The number of hydrogen-bond donors (Lipinski definition) is 1. The van der Waals surface area contributed by atoms with Gasteiger partial charge in [-0.1, -0.05) is 25.1 Å². The average Bonchev–Trinajstić information content (AvgIpc) is 2.89. The van der Waals surface area contributed by atoms with Crippen molar-refractivity contribution in [2.75, 3.05) is 13.3 Å². The van der Waals surface area contributed by atoms with Crippen LogP contribution < -0.4 is 5.32 Å². The summed E-state index contributed by atoms with van der Waals surface area (Å²) in [7, 11) is 1.97. The molecule has 0 aliphatic carbocycles. The van der Waals surface area contributed by atoms with Crippen molar-refractivity contribution < 1.29 is 4.42 Å². The van der Waals surface area contributed by atoms with Crippen LogP contribution >= 0.6 is 11.8 Å². The molecule has 1 N–H and O–H groups in total. The molecule has 0 spiro atoms. The van der Waals surface area contributed by atoms with Gasteiger partial charge in [-0.15, -0.1) is 11.8 Å². The Labute approximate surface area is 113 Å². The van der Waals surface area contributed by atoms with Crippen LogP contribution in [0.5, 0.6) is 0 Å². The Morgan fingerprint density at radius 1 is 1.22 bits per heavy atom. The second-order valence-corrected chi connectivity index (χ2v) is 4.97. The van der Waals surface area contributed by atoms with Gasteiger partial charge in [0.15, 0.2) is 0 Å². The molecule has 2 nitrogen and oxygen atoms in total.